The van der Waals surface area contributed by atoms with Gasteiger partial charge in [0.2, 0.25) is 10.0 Å². The molecule has 0 aromatic rings. The molecule has 0 saturated heterocycles. The predicted octanol–water partition coefficient (Wildman–Crippen LogP) is 1.73. The highest BCUT2D eigenvalue weighted by Crippen LogP contribution is 2.27. The van der Waals surface area contributed by atoms with E-state index in [0.29, 0.717) is 19.0 Å². The van der Waals surface area contributed by atoms with Crippen LogP contribution in [-0.2, 0) is 10.0 Å². The summed E-state index contributed by atoms with van der Waals surface area (Å²) >= 11 is 0. The van der Waals surface area contributed by atoms with Crippen molar-refractivity contribution in [2.45, 2.75) is 46.0 Å². The largest absolute Gasteiger partial charge is 0.316 e. The number of hydrogen-bond acceptors (Lipinski definition) is 3. The lowest BCUT2D eigenvalue weighted by Gasteiger charge is -2.26. The lowest BCUT2D eigenvalue weighted by Crippen LogP contribution is -2.36. The highest BCUT2D eigenvalue weighted by atomic mass is 32.2. The SMILES string of the molecule is CCCNCCS(=O)(=O)NCC1CCCC(C)C1. The summed E-state index contributed by atoms with van der Waals surface area (Å²) in [7, 11) is -3.09. The Morgan fingerprint density at radius 1 is 1.22 bits per heavy atom. The maximum Gasteiger partial charge on any atom is 0.212 e. The fourth-order valence-corrected chi connectivity index (χ4v) is 3.62. The molecule has 108 valence electrons. The molecule has 0 aromatic carbocycles. The van der Waals surface area contributed by atoms with Gasteiger partial charge in [-0.15, -0.1) is 0 Å². The molecule has 1 aliphatic carbocycles. The van der Waals surface area contributed by atoms with Crippen molar-refractivity contribution >= 4 is 10.0 Å². The van der Waals surface area contributed by atoms with Crippen LogP contribution in [0.3, 0.4) is 0 Å². The summed E-state index contributed by atoms with van der Waals surface area (Å²) in [6, 6.07) is 0. The van der Waals surface area contributed by atoms with Crippen LogP contribution in [0.5, 0.6) is 0 Å². The number of hydrogen-bond donors (Lipinski definition) is 2. The fourth-order valence-electron chi connectivity index (χ4n) is 2.57. The molecule has 0 aromatic heterocycles. The summed E-state index contributed by atoms with van der Waals surface area (Å²) in [5.41, 5.74) is 0. The van der Waals surface area contributed by atoms with Crippen LogP contribution in [-0.4, -0.2) is 33.8 Å². The van der Waals surface area contributed by atoms with Crippen molar-refractivity contribution in [2.24, 2.45) is 11.8 Å². The van der Waals surface area contributed by atoms with Crippen molar-refractivity contribution in [3.05, 3.63) is 0 Å². The van der Waals surface area contributed by atoms with Crippen LogP contribution < -0.4 is 10.0 Å². The van der Waals surface area contributed by atoms with Gasteiger partial charge in [0, 0.05) is 13.1 Å². The van der Waals surface area contributed by atoms with Crippen molar-refractivity contribution in [1.82, 2.24) is 10.0 Å². The van der Waals surface area contributed by atoms with E-state index in [1.54, 1.807) is 0 Å². The highest BCUT2D eigenvalue weighted by molar-refractivity contribution is 7.89. The summed E-state index contributed by atoms with van der Waals surface area (Å²) in [4.78, 5) is 0. The Balaban J connectivity index is 2.19. The second-order valence-corrected chi connectivity index (χ2v) is 7.48. The van der Waals surface area contributed by atoms with Gasteiger partial charge in [-0.2, -0.15) is 0 Å². The molecule has 2 atom stereocenters. The van der Waals surface area contributed by atoms with Gasteiger partial charge in [-0.05, 0) is 37.6 Å². The molecule has 2 N–H and O–H groups in total. The van der Waals surface area contributed by atoms with Gasteiger partial charge in [0.05, 0.1) is 5.75 Å². The Morgan fingerprint density at radius 2 is 2.00 bits per heavy atom. The number of rotatable bonds is 8. The standard InChI is InChI=1S/C13H28N2O2S/c1-3-7-14-8-9-18(16,17)15-11-13-6-4-5-12(2)10-13/h12-15H,3-11H2,1-2H3. The van der Waals surface area contributed by atoms with Crippen LogP contribution in [0.1, 0.15) is 46.0 Å². The van der Waals surface area contributed by atoms with Crippen LogP contribution in [0.2, 0.25) is 0 Å². The summed E-state index contributed by atoms with van der Waals surface area (Å²) in [6.07, 6.45) is 5.90. The topological polar surface area (TPSA) is 58.2 Å². The fraction of sp³-hybridized carbons (Fsp3) is 1.00. The lowest BCUT2D eigenvalue weighted by molar-refractivity contribution is 0.283. The van der Waals surface area contributed by atoms with E-state index in [1.807, 2.05) is 0 Å². The van der Waals surface area contributed by atoms with Crippen LogP contribution in [0.15, 0.2) is 0 Å². The number of nitrogens with one attached hydrogen (secondary N) is 2. The van der Waals surface area contributed by atoms with Gasteiger partial charge in [0.1, 0.15) is 0 Å². The minimum Gasteiger partial charge on any atom is -0.316 e. The molecule has 0 bridgehead atoms. The first kappa shape index (κ1) is 15.9. The maximum absolute atomic E-state index is 11.8. The molecule has 0 heterocycles. The Morgan fingerprint density at radius 3 is 2.67 bits per heavy atom. The first-order valence-electron chi connectivity index (χ1n) is 7.21. The minimum absolute atomic E-state index is 0.190. The number of sulfonamides is 1. The zero-order valence-corrected chi connectivity index (χ0v) is 12.6. The molecule has 0 aliphatic heterocycles. The van der Waals surface area contributed by atoms with Gasteiger partial charge in [-0.25, -0.2) is 13.1 Å². The molecule has 1 saturated carbocycles. The molecular weight excluding hydrogens is 248 g/mol. The normalized spacial score (nSPS) is 25.2. The summed E-state index contributed by atoms with van der Waals surface area (Å²) < 4.78 is 26.3. The smallest absolute Gasteiger partial charge is 0.212 e. The zero-order valence-electron chi connectivity index (χ0n) is 11.7. The van der Waals surface area contributed by atoms with E-state index in [0.717, 1.165) is 25.3 Å². The summed E-state index contributed by atoms with van der Waals surface area (Å²) in [6.45, 7) is 6.39. The molecule has 18 heavy (non-hydrogen) atoms. The third-order valence-electron chi connectivity index (χ3n) is 3.61. The summed E-state index contributed by atoms with van der Waals surface area (Å²) in [5.74, 6) is 1.47. The quantitative estimate of drug-likeness (QED) is 0.664. The third-order valence-corrected chi connectivity index (χ3v) is 4.96. The van der Waals surface area contributed by atoms with E-state index in [4.69, 9.17) is 0 Å². The average molecular weight is 276 g/mol. The lowest BCUT2D eigenvalue weighted by atomic mass is 9.83. The maximum atomic E-state index is 11.8. The highest BCUT2D eigenvalue weighted by Gasteiger charge is 2.20. The monoisotopic (exact) mass is 276 g/mol. The van der Waals surface area contributed by atoms with E-state index >= 15 is 0 Å². The van der Waals surface area contributed by atoms with Crippen molar-refractivity contribution in [3.8, 4) is 0 Å². The van der Waals surface area contributed by atoms with Crippen LogP contribution in [0, 0.1) is 11.8 Å². The van der Waals surface area contributed by atoms with Crippen molar-refractivity contribution in [2.75, 3.05) is 25.4 Å². The van der Waals surface area contributed by atoms with Gasteiger partial charge in [0.25, 0.3) is 0 Å². The molecule has 1 rings (SSSR count). The van der Waals surface area contributed by atoms with Crippen molar-refractivity contribution in [3.63, 3.8) is 0 Å². The molecular formula is C13H28N2O2S. The van der Waals surface area contributed by atoms with Gasteiger partial charge in [-0.1, -0.05) is 26.7 Å². The Kier molecular flexibility index (Phi) is 7.19. The third kappa shape index (κ3) is 6.71. The molecule has 1 fully saturated rings. The van der Waals surface area contributed by atoms with Crippen molar-refractivity contribution < 1.29 is 8.42 Å². The first-order valence-corrected chi connectivity index (χ1v) is 8.86. The molecule has 0 radical (unpaired) electrons. The van der Waals surface area contributed by atoms with Crippen LogP contribution >= 0.6 is 0 Å². The van der Waals surface area contributed by atoms with Gasteiger partial charge in [-0.3, -0.25) is 0 Å². The molecule has 4 nitrogen and oxygen atoms in total. The zero-order chi connectivity index (χ0) is 13.4. The predicted molar refractivity (Wildman–Crippen MR) is 76.1 cm³/mol. The van der Waals surface area contributed by atoms with Gasteiger partial charge < -0.3 is 5.32 Å². The van der Waals surface area contributed by atoms with E-state index in [2.05, 4.69) is 23.9 Å². The van der Waals surface area contributed by atoms with Crippen molar-refractivity contribution in [1.29, 1.82) is 0 Å². The second kappa shape index (κ2) is 8.12. The average Bonchev–Trinajstić information content (AvgIpc) is 2.33. The van der Waals surface area contributed by atoms with E-state index < -0.39 is 10.0 Å². The molecule has 0 spiro atoms. The van der Waals surface area contributed by atoms with Crippen LogP contribution in [0.25, 0.3) is 0 Å². The Bertz CT molecular complexity index is 317. The summed E-state index contributed by atoms with van der Waals surface area (Å²) in [5, 5.41) is 3.12. The van der Waals surface area contributed by atoms with Gasteiger partial charge in [0.15, 0.2) is 0 Å². The van der Waals surface area contributed by atoms with E-state index in [1.165, 1.54) is 19.3 Å². The van der Waals surface area contributed by atoms with E-state index in [-0.39, 0.29) is 5.75 Å². The first-order chi connectivity index (χ1) is 8.53. The molecule has 1 aliphatic rings. The molecule has 2 unspecified atom stereocenters. The minimum atomic E-state index is -3.09. The second-order valence-electron chi connectivity index (χ2n) is 5.56. The van der Waals surface area contributed by atoms with Gasteiger partial charge >= 0.3 is 0 Å². The van der Waals surface area contributed by atoms with Crippen LogP contribution in [0.4, 0.5) is 0 Å². The van der Waals surface area contributed by atoms with E-state index in [9.17, 15) is 8.42 Å². The molecule has 5 heteroatoms. The molecule has 0 amide bonds. The Labute approximate surface area is 112 Å². The Hall–Kier alpha value is -0.130.